The summed E-state index contributed by atoms with van der Waals surface area (Å²) in [6, 6.07) is 1.73. The molecule has 0 aliphatic carbocycles. The van der Waals surface area contributed by atoms with Gasteiger partial charge in [-0.25, -0.2) is 0 Å². The fourth-order valence-corrected chi connectivity index (χ4v) is 2.11. The van der Waals surface area contributed by atoms with Crippen molar-refractivity contribution in [1.82, 2.24) is 0 Å². The summed E-state index contributed by atoms with van der Waals surface area (Å²) in [6.07, 6.45) is 3.12. The zero-order valence-corrected chi connectivity index (χ0v) is 8.63. The molecule has 0 saturated heterocycles. The van der Waals surface area contributed by atoms with Crippen LogP contribution in [-0.2, 0) is 4.79 Å². The SMILES string of the molecule is CC(=O)C=Cc1cc(Cl)sc1Cl. The first-order valence-electron chi connectivity index (χ1n) is 3.23. The molecular weight excluding hydrogens is 215 g/mol. The van der Waals surface area contributed by atoms with Gasteiger partial charge in [0.2, 0.25) is 0 Å². The van der Waals surface area contributed by atoms with E-state index in [1.54, 1.807) is 12.1 Å². The van der Waals surface area contributed by atoms with Crippen molar-refractivity contribution in [3.63, 3.8) is 0 Å². The molecule has 1 rings (SSSR count). The molecule has 0 N–H and O–H groups in total. The number of carbonyl (C=O) groups is 1. The van der Waals surface area contributed by atoms with Crippen molar-refractivity contribution in [2.45, 2.75) is 6.92 Å². The van der Waals surface area contributed by atoms with Gasteiger partial charge in [0.15, 0.2) is 5.78 Å². The molecule has 0 aromatic carbocycles. The van der Waals surface area contributed by atoms with E-state index in [9.17, 15) is 4.79 Å². The molecule has 0 fully saturated rings. The minimum Gasteiger partial charge on any atom is -0.295 e. The van der Waals surface area contributed by atoms with Gasteiger partial charge in [0.25, 0.3) is 0 Å². The average molecular weight is 221 g/mol. The number of allylic oxidation sites excluding steroid dienone is 1. The van der Waals surface area contributed by atoms with E-state index >= 15 is 0 Å². The fraction of sp³-hybridized carbons (Fsp3) is 0.125. The molecule has 0 amide bonds. The summed E-state index contributed by atoms with van der Waals surface area (Å²) in [7, 11) is 0. The second-order valence-electron chi connectivity index (χ2n) is 2.22. The van der Waals surface area contributed by atoms with Gasteiger partial charge in [0.1, 0.15) is 4.34 Å². The maximum atomic E-state index is 10.6. The molecule has 0 saturated carbocycles. The Morgan fingerprint density at radius 2 is 2.25 bits per heavy atom. The van der Waals surface area contributed by atoms with E-state index in [4.69, 9.17) is 23.2 Å². The molecule has 0 bridgehead atoms. The van der Waals surface area contributed by atoms with Gasteiger partial charge in [-0.3, -0.25) is 4.79 Å². The Hall–Kier alpha value is -0.310. The van der Waals surface area contributed by atoms with Gasteiger partial charge in [-0.05, 0) is 25.1 Å². The smallest absolute Gasteiger partial charge is 0.152 e. The van der Waals surface area contributed by atoms with Crippen LogP contribution in [0.5, 0.6) is 0 Å². The Morgan fingerprint density at radius 1 is 1.58 bits per heavy atom. The molecule has 1 nitrogen and oxygen atoms in total. The number of halogens is 2. The highest BCUT2D eigenvalue weighted by atomic mass is 35.5. The van der Waals surface area contributed by atoms with Crippen LogP contribution in [0.15, 0.2) is 12.1 Å². The van der Waals surface area contributed by atoms with E-state index in [-0.39, 0.29) is 5.78 Å². The topological polar surface area (TPSA) is 17.1 Å². The summed E-state index contributed by atoms with van der Waals surface area (Å²) >= 11 is 12.8. The Bertz CT molecular complexity index is 328. The van der Waals surface area contributed by atoms with Crippen LogP contribution in [0.25, 0.3) is 6.08 Å². The molecule has 1 aromatic heterocycles. The maximum Gasteiger partial charge on any atom is 0.152 e. The van der Waals surface area contributed by atoms with Crippen LogP contribution >= 0.6 is 34.5 Å². The van der Waals surface area contributed by atoms with Crippen LogP contribution in [0.1, 0.15) is 12.5 Å². The predicted molar refractivity (Wildman–Crippen MR) is 54.1 cm³/mol. The first-order chi connectivity index (χ1) is 5.59. The quantitative estimate of drug-likeness (QED) is 0.696. The van der Waals surface area contributed by atoms with Crippen LogP contribution in [0.4, 0.5) is 0 Å². The van der Waals surface area contributed by atoms with Crippen molar-refractivity contribution < 1.29 is 4.79 Å². The van der Waals surface area contributed by atoms with E-state index in [2.05, 4.69) is 0 Å². The summed E-state index contributed by atoms with van der Waals surface area (Å²) in [6.45, 7) is 1.48. The lowest BCUT2D eigenvalue weighted by molar-refractivity contribution is -0.112. The average Bonchev–Trinajstić information content (AvgIpc) is 2.26. The highest BCUT2D eigenvalue weighted by Crippen LogP contribution is 2.31. The molecule has 0 spiro atoms. The molecule has 0 radical (unpaired) electrons. The molecule has 64 valence electrons. The Labute approximate surface area is 84.6 Å². The molecular formula is C8H6Cl2OS. The lowest BCUT2D eigenvalue weighted by Gasteiger charge is -1.84. The van der Waals surface area contributed by atoms with E-state index in [1.807, 2.05) is 0 Å². The van der Waals surface area contributed by atoms with Crippen LogP contribution in [0, 0.1) is 0 Å². The molecule has 1 aromatic rings. The summed E-state index contributed by atoms with van der Waals surface area (Å²) in [5.74, 6) is -0.00612. The van der Waals surface area contributed by atoms with Crippen molar-refractivity contribution in [1.29, 1.82) is 0 Å². The third-order valence-electron chi connectivity index (χ3n) is 1.18. The number of carbonyl (C=O) groups excluding carboxylic acids is 1. The second kappa shape index (κ2) is 4.08. The van der Waals surface area contributed by atoms with Crippen molar-refractivity contribution in [3.8, 4) is 0 Å². The Morgan fingerprint density at radius 3 is 2.67 bits per heavy atom. The van der Waals surface area contributed by atoms with E-state index in [1.165, 1.54) is 24.3 Å². The van der Waals surface area contributed by atoms with E-state index in [0.29, 0.717) is 8.67 Å². The summed E-state index contributed by atoms with van der Waals surface area (Å²) in [5, 5.41) is 0. The number of thiophene rings is 1. The number of rotatable bonds is 2. The Kier molecular flexibility index (Phi) is 3.32. The van der Waals surface area contributed by atoms with Gasteiger partial charge in [0.05, 0.1) is 4.34 Å². The molecule has 12 heavy (non-hydrogen) atoms. The monoisotopic (exact) mass is 220 g/mol. The summed E-state index contributed by atoms with van der Waals surface area (Å²) < 4.78 is 1.24. The fourth-order valence-electron chi connectivity index (χ4n) is 0.674. The van der Waals surface area contributed by atoms with Gasteiger partial charge in [-0.2, -0.15) is 0 Å². The molecule has 0 unspecified atom stereocenters. The largest absolute Gasteiger partial charge is 0.295 e. The van der Waals surface area contributed by atoms with Crippen LogP contribution in [-0.4, -0.2) is 5.78 Å². The third kappa shape index (κ3) is 2.63. The number of hydrogen-bond acceptors (Lipinski definition) is 2. The first-order valence-corrected chi connectivity index (χ1v) is 4.80. The maximum absolute atomic E-state index is 10.6. The first kappa shape index (κ1) is 9.78. The van der Waals surface area contributed by atoms with Gasteiger partial charge in [-0.15, -0.1) is 11.3 Å². The van der Waals surface area contributed by atoms with Crippen LogP contribution in [0.2, 0.25) is 8.67 Å². The van der Waals surface area contributed by atoms with Crippen LogP contribution < -0.4 is 0 Å². The molecule has 0 aliphatic rings. The van der Waals surface area contributed by atoms with E-state index < -0.39 is 0 Å². The third-order valence-corrected chi connectivity index (χ3v) is 2.70. The number of ketones is 1. The minimum absolute atomic E-state index is 0.00612. The van der Waals surface area contributed by atoms with Crippen molar-refractivity contribution in [2.24, 2.45) is 0 Å². The minimum atomic E-state index is -0.00612. The highest BCUT2D eigenvalue weighted by Gasteiger charge is 2.01. The molecule has 0 atom stereocenters. The zero-order valence-electron chi connectivity index (χ0n) is 6.30. The normalized spacial score (nSPS) is 10.9. The number of hydrogen-bond donors (Lipinski definition) is 0. The zero-order chi connectivity index (χ0) is 9.14. The second-order valence-corrected chi connectivity index (χ2v) is 4.51. The lowest BCUT2D eigenvalue weighted by atomic mass is 10.3. The lowest BCUT2D eigenvalue weighted by Crippen LogP contribution is -1.78. The van der Waals surface area contributed by atoms with Gasteiger partial charge in [-0.1, -0.05) is 23.2 Å². The standard InChI is InChI=1S/C8H6Cl2OS/c1-5(11)2-3-6-4-7(9)12-8(6)10/h2-4H,1H3. The molecule has 1 heterocycles. The van der Waals surface area contributed by atoms with Crippen LogP contribution in [0.3, 0.4) is 0 Å². The molecule has 0 aliphatic heterocycles. The molecule has 4 heteroatoms. The van der Waals surface area contributed by atoms with Crippen molar-refractivity contribution in [2.75, 3.05) is 0 Å². The van der Waals surface area contributed by atoms with Crippen molar-refractivity contribution in [3.05, 3.63) is 26.4 Å². The highest BCUT2D eigenvalue weighted by molar-refractivity contribution is 7.20. The van der Waals surface area contributed by atoms with Gasteiger partial charge in [0, 0.05) is 5.56 Å². The predicted octanol–water partition coefficient (Wildman–Crippen LogP) is 3.66. The summed E-state index contributed by atoms with van der Waals surface area (Å²) in [4.78, 5) is 10.6. The van der Waals surface area contributed by atoms with Gasteiger partial charge < -0.3 is 0 Å². The van der Waals surface area contributed by atoms with Gasteiger partial charge >= 0.3 is 0 Å². The summed E-state index contributed by atoms with van der Waals surface area (Å²) in [5.41, 5.74) is 0.793. The van der Waals surface area contributed by atoms with E-state index in [0.717, 1.165) is 5.56 Å². The Balaban J connectivity index is 2.89. The van der Waals surface area contributed by atoms with Crippen molar-refractivity contribution >= 4 is 46.4 Å².